The first kappa shape index (κ1) is 31.6. The van der Waals surface area contributed by atoms with Gasteiger partial charge in [-0.15, -0.1) is 0 Å². The van der Waals surface area contributed by atoms with Gasteiger partial charge in [0.2, 0.25) is 0 Å². The molecule has 8 rings (SSSR count). The van der Waals surface area contributed by atoms with Crippen molar-refractivity contribution in [1.82, 2.24) is 4.98 Å². The zero-order valence-corrected chi connectivity index (χ0v) is 28.2. The number of amidine groups is 1. The molecule has 242 valence electrons. The van der Waals surface area contributed by atoms with Gasteiger partial charge in [-0.3, -0.25) is 4.98 Å². The second-order valence-corrected chi connectivity index (χ2v) is 12.6. The summed E-state index contributed by atoms with van der Waals surface area (Å²) in [4.78, 5) is 13.8. The Kier molecular flexibility index (Phi) is 8.92. The second-order valence-electron chi connectivity index (χ2n) is 12.6. The van der Waals surface area contributed by atoms with Crippen LogP contribution < -0.4 is 0 Å². The van der Waals surface area contributed by atoms with E-state index >= 15 is 0 Å². The van der Waals surface area contributed by atoms with E-state index in [0.717, 1.165) is 33.5 Å². The molecule has 1 aromatic heterocycles. The number of hydrogen-bond acceptors (Lipinski definition) is 2. The van der Waals surface area contributed by atoms with Crippen LogP contribution in [0.2, 0.25) is 0 Å². The van der Waals surface area contributed by atoms with Gasteiger partial charge in [-0.05, 0) is 91.3 Å². The molecule has 8 aromatic rings. The van der Waals surface area contributed by atoms with E-state index in [4.69, 9.17) is 4.99 Å². The van der Waals surface area contributed by atoms with Crippen molar-refractivity contribution in [2.75, 3.05) is 0 Å². The molecule has 0 aliphatic rings. The molecule has 0 saturated heterocycles. The lowest BCUT2D eigenvalue weighted by molar-refractivity contribution is 1.26. The standard InChI is InChI=1S/C48H35N3/c1-49-48(41-27-23-39(24-28-41)46-14-6-11-38-9-4-5-13-45(38)46)51-47(40-25-20-37(21-26-40)44-12-7-31-50-33-44)30-17-34-15-18-36(19-16-34)43-29-22-35-8-2-3-10-42(35)32-43/h2-16,18-33H,1,17H2/b47-30-,51-48?. The van der Waals surface area contributed by atoms with Gasteiger partial charge < -0.3 is 0 Å². The molecule has 0 aliphatic heterocycles. The molecule has 1 heterocycles. The summed E-state index contributed by atoms with van der Waals surface area (Å²) in [6.07, 6.45) is 6.57. The van der Waals surface area contributed by atoms with Crippen molar-refractivity contribution in [1.29, 1.82) is 0 Å². The average Bonchev–Trinajstić information content (AvgIpc) is 3.21. The molecule has 3 nitrogen and oxygen atoms in total. The summed E-state index contributed by atoms with van der Waals surface area (Å²) in [5.74, 6) is 0.578. The molecule has 0 atom stereocenters. The maximum atomic E-state index is 5.14. The van der Waals surface area contributed by atoms with Crippen molar-refractivity contribution in [2.45, 2.75) is 6.42 Å². The average molecular weight is 654 g/mol. The van der Waals surface area contributed by atoms with Crippen molar-refractivity contribution >= 4 is 39.8 Å². The van der Waals surface area contributed by atoms with Gasteiger partial charge in [0, 0.05) is 18.0 Å². The van der Waals surface area contributed by atoms with Gasteiger partial charge in [0.15, 0.2) is 5.84 Å². The highest BCUT2D eigenvalue weighted by molar-refractivity contribution is 6.05. The van der Waals surface area contributed by atoms with Gasteiger partial charge in [0.1, 0.15) is 0 Å². The number of aromatic nitrogens is 1. The maximum absolute atomic E-state index is 5.14. The third kappa shape index (κ3) is 6.92. The van der Waals surface area contributed by atoms with E-state index in [0.29, 0.717) is 12.3 Å². The van der Waals surface area contributed by atoms with E-state index in [1.807, 2.05) is 12.3 Å². The first-order chi connectivity index (χ1) is 25.2. The predicted octanol–water partition coefficient (Wildman–Crippen LogP) is 12.1. The molecule has 0 amide bonds. The fourth-order valence-electron chi connectivity index (χ4n) is 6.59. The number of hydrogen-bond donors (Lipinski definition) is 0. The van der Waals surface area contributed by atoms with E-state index in [-0.39, 0.29) is 0 Å². The molecule has 0 radical (unpaired) electrons. The van der Waals surface area contributed by atoms with Gasteiger partial charge in [-0.1, -0.05) is 164 Å². The van der Waals surface area contributed by atoms with Gasteiger partial charge in [0.25, 0.3) is 0 Å². The van der Waals surface area contributed by atoms with Crippen LogP contribution in [0.25, 0.3) is 60.6 Å². The van der Waals surface area contributed by atoms with Crippen molar-refractivity contribution in [2.24, 2.45) is 9.98 Å². The number of fused-ring (bicyclic) bond motifs is 2. The lowest BCUT2D eigenvalue weighted by Crippen LogP contribution is -1.98. The predicted molar refractivity (Wildman–Crippen MR) is 216 cm³/mol. The Bertz CT molecular complexity index is 2520. The molecule has 0 aliphatic carbocycles. The van der Waals surface area contributed by atoms with Crippen LogP contribution in [-0.2, 0) is 6.42 Å². The highest BCUT2D eigenvalue weighted by Crippen LogP contribution is 2.30. The van der Waals surface area contributed by atoms with Crippen LogP contribution in [0.1, 0.15) is 16.7 Å². The highest BCUT2D eigenvalue weighted by atomic mass is 14.9. The van der Waals surface area contributed by atoms with Gasteiger partial charge in [-0.25, -0.2) is 9.98 Å². The van der Waals surface area contributed by atoms with E-state index in [2.05, 4.69) is 187 Å². The van der Waals surface area contributed by atoms with Crippen LogP contribution in [0.3, 0.4) is 0 Å². The molecule has 0 unspecified atom stereocenters. The summed E-state index contributed by atoms with van der Waals surface area (Å²) in [5, 5.41) is 4.95. The minimum absolute atomic E-state index is 0.578. The van der Waals surface area contributed by atoms with Crippen LogP contribution in [0.5, 0.6) is 0 Å². The Balaban J connectivity index is 1.11. The molecule has 0 N–H and O–H groups in total. The van der Waals surface area contributed by atoms with Crippen molar-refractivity contribution in [3.63, 3.8) is 0 Å². The quantitative estimate of drug-likeness (QED) is 0.119. The lowest BCUT2D eigenvalue weighted by atomic mass is 9.97. The summed E-state index contributed by atoms with van der Waals surface area (Å²) >= 11 is 0. The number of pyridine rings is 1. The monoisotopic (exact) mass is 653 g/mol. The highest BCUT2D eigenvalue weighted by Gasteiger charge is 2.10. The number of rotatable bonds is 8. The summed E-state index contributed by atoms with van der Waals surface area (Å²) in [6, 6.07) is 59.8. The fraction of sp³-hybridized carbons (Fsp3) is 0.0208. The van der Waals surface area contributed by atoms with Gasteiger partial charge >= 0.3 is 0 Å². The zero-order valence-electron chi connectivity index (χ0n) is 28.2. The molecule has 51 heavy (non-hydrogen) atoms. The van der Waals surface area contributed by atoms with Crippen LogP contribution in [-0.4, -0.2) is 17.5 Å². The Morgan fingerprint density at radius 1 is 0.529 bits per heavy atom. The fourth-order valence-corrected chi connectivity index (χ4v) is 6.59. The SMILES string of the molecule is C=NC(=N/C(=C\Cc1ccc(-c2ccc3ccccc3c2)cc1)c1ccc(-c2cccnc2)cc1)c1ccc(-c2cccc3ccccc23)cc1. The molecule has 0 saturated carbocycles. The smallest absolute Gasteiger partial charge is 0.159 e. The first-order valence-corrected chi connectivity index (χ1v) is 17.1. The summed E-state index contributed by atoms with van der Waals surface area (Å²) in [6.45, 7) is 3.92. The lowest BCUT2D eigenvalue weighted by Gasteiger charge is -2.10. The number of nitrogens with zero attached hydrogens (tertiary/aromatic N) is 3. The molecule has 0 fully saturated rings. The number of aliphatic imine (C=N–C) groups is 2. The van der Waals surface area contributed by atoms with Crippen molar-refractivity contribution in [3.8, 4) is 33.4 Å². The van der Waals surface area contributed by atoms with Gasteiger partial charge in [0.05, 0.1) is 5.70 Å². The molecular weight excluding hydrogens is 619 g/mol. The number of benzene rings is 7. The van der Waals surface area contributed by atoms with E-state index in [1.165, 1.54) is 43.8 Å². The Hall–Kier alpha value is -6.71. The van der Waals surface area contributed by atoms with E-state index in [9.17, 15) is 0 Å². The molecule has 7 aromatic carbocycles. The normalized spacial score (nSPS) is 11.9. The third-order valence-electron chi connectivity index (χ3n) is 9.36. The van der Waals surface area contributed by atoms with Crippen LogP contribution in [0.15, 0.2) is 198 Å². The Labute approximate surface area is 298 Å². The van der Waals surface area contributed by atoms with Gasteiger partial charge in [-0.2, -0.15) is 0 Å². The van der Waals surface area contributed by atoms with Crippen LogP contribution in [0, 0.1) is 0 Å². The maximum Gasteiger partial charge on any atom is 0.159 e. The molecule has 3 heteroatoms. The number of allylic oxidation sites excluding steroid dienone is 1. The minimum atomic E-state index is 0.578. The largest absolute Gasteiger partial charge is 0.264 e. The van der Waals surface area contributed by atoms with E-state index < -0.39 is 0 Å². The molecule has 0 bridgehead atoms. The third-order valence-corrected chi connectivity index (χ3v) is 9.36. The second kappa shape index (κ2) is 14.4. The Morgan fingerprint density at radius 3 is 1.94 bits per heavy atom. The van der Waals surface area contributed by atoms with Crippen molar-refractivity contribution < 1.29 is 0 Å². The van der Waals surface area contributed by atoms with Crippen LogP contribution in [0.4, 0.5) is 0 Å². The topological polar surface area (TPSA) is 37.6 Å². The Morgan fingerprint density at radius 2 is 1.18 bits per heavy atom. The van der Waals surface area contributed by atoms with E-state index in [1.54, 1.807) is 6.20 Å². The first-order valence-electron chi connectivity index (χ1n) is 17.1. The summed E-state index contributed by atoms with van der Waals surface area (Å²) in [7, 11) is 0. The molecular formula is C48H35N3. The van der Waals surface area contributed by atoms with Crippen molar-refractivity contribution in [3.05, 3.63) is 205 Å². The zero-order chi connectivity index (χ0) is 34.4. The molecule has 0 spiro atoms. The summed E-state index contributed by atoms with van der Waals surface area (Å²) < 4.78 is 0. The summed E-state index contributed by atoms with van der Waals surface area (Å²) in [5.41, 5.74) is 10.9. The minimum Gasteiger partial charge on any atom is -0.264 e. The van der Waals surface area contributed by atoms with Crippen LogP contribution >= 0.6 is 0 Å².